The van der Waals surface area contributed by atoms with Gasteiger partial charge >= 0.3 is 6.36 Å². The zero-order chi connectivity index (χ0) is 19.4. The Morgan fingerprint density at radius 2 is 1.88 bits per heavy atom. The highest BCUT2D eigenvalue weighted by Crippen LogP contribution is 2.24. The third-order valence-corrected chi connectivity index (χ3v) is 5.23. The molecule has 0 saturated carbocycles. The molecular weight excluding hydrogens is 373 g/mol. The number of aliphatic imine (C=N–C) groups is 1. The summed E-state index contributed by atoms with van der Waals surface area (Å²) < 4.78 is 64.5. The molecule has 3 N–H and O–H groups in total. The van der Waals surface area contributed by atoms with Gasteiger partial charge in [-0.05, 0) is 43.0 Å². The number of ether oxygens (including phenoxy) is 1. The van der Waals surface area contributed by atoms with E-state index in [1.54, 1.807) is 0 Å². The highest BCUT2D eigenvalue weighted by molar-refractivity contribution is 7.88. The van der Waals surface area contributed by atoms with Crippen LogP contribution >= 0.6 is 0 Å². The van der Waals surface area contributed by atoms with E-state index in [1.165, 1.54) is 34.8 Å². The van der Waals surface area contributed by atoms with Crippen molar-refractivity contribution in [1.29, 1.82) is 0 Å². The second-order valence-corrected chi connectivity index (χ2v) is 8.01. The molecule has 0 spiro atoms. The Morgan fingerprint density at radius 1 is 1.31 bits per heavy atom. The Morgan fingerprint density at radius 3 is 2.38 bits per heavy atom. The zero-order valence-corrected chi connectivity index (χ0v) is 15.0. The van der Waals surface area contributed by atoms with E-state index in [1.807, 2.05) is 0 Å². The lowest BCUT2D eigenvalue weighted by molar-refractivity contribution is -0.274. The summed E-state index contributed by atoms with van der Waals surface area (Å²) in [5.74, 6) is 0.0483. The molecule has 7 nitrogen and oxygen atoms in total. The zero-order valence-electron chi connectivity index (χ0n) is 14.2. The van der Waals surface area contributed by atoms with Crippen LogP contribution in [0.3, 0.4) is 0 Å². The highest BCUT2D eigenvalue weighted by Gasteiger charge is 2.31. The third-order valence-electron chi connectivity index (χ3n) is 3.92. The van der Waals surface area contributed by atoms with E-state index >= 15 is 0 Å². The minimum absolute atomic E-state index is 0.139. The molecule has 0 bridgehead atoms. The van der Waals surface area contributed by atoms with Crippen LogP contribution in [0.4, 0.5) is 18.9 Å². The lowest BCUT2D eigenvalue weighted by atomic mass is 9.98. The summed E-state index contributed by atoms with van der Waals surface area (Å²) in [7, 11) is -3.16. The van der Waals surface area contributed by atoms with Gasteiger partial charge in [-0.15, -0.1) is 13.2 Å². The highest BCUT2D eigenvalue weighted by atomic mass is 32.2. The third kappa shape index (κ3) is 6.71. The largest absolute Gasteiger partial charge is 0.573 e. The van der Waals surface area contributed by atoms with E-state index in [0.29, 0.717) is 38.2 Å². The van der Waals surface area contributed by atoms with Gasteiger partial charge in [-0.2, -0.15) is 0 Å². The summed E-state index contributed by atoms with van der Waals surface area (Å²) in [6.07, 6.45) is -2.14. The summed E-state index contributed by atoms with van der Waals surface area (Å²) in [5, 5.41) is 2.79. The second kappa shape index (κ2) is 8.12. The van der Waals surface area contributed by atoms with Crippen LogP contribution in [0.2, 0.25) is 0 Å². The average Bonchev–Trinajstić information content (AvgIpc) is 2.53. The van der Waals surface area contributed by atoms with Crippen LogP contribution in [-0.4, -0.2) is 50.9 Å². The molecule has 0 aliphatic carbocycles. The lowest BCUT2D eigenvalue weighted by Gasteiger charge is -2.29. The van der Waals surface area contributed by atoms with Gasteiger partial charge in [-0.3, -0.25) is 4.99 Å². The molecule has 26 heavy (non-hydrogen) atoms. The van der Waals surface area contributed by atoms with Crippen LogP contribution in [0.25, 0.3) is 0 Å². The number of alkyl halides is 3. The second-order valence-electron chi connectivity index (χ2n) is 6.03. The standard InChI is InChI=1S/C15H21F3N4O3S/c1-26(23,24)22-8-6-11(7-9-22)10-20-14(19)21-12-2-4-13(5-3-12)25-15(16,17)18/h2-5,11H,6-10H2,1H3,(H3,19,20,21). The number of anilines is 1. The summed E-state index contributed by atoms with van der Waals surface area (Å²) >= 11 is 0. The van der Waals surface area contributed by atoms with Crippen molar-refractivity contribution in [2.24, 2.45) is 16.6 Å². The maximum absolute atomic E-state index is 12.1. The molecule has 0 amide bonds. The molecule has 2 rings (SSSR count). The summed E-state index contributed by atoms with van der Waals surface area (Å²) in [5.41, 5.74) is 6.26. The number of hydrogen-bond acceptors (Lipinski definition) is 4. The van der Waals surface area contributed by atoms with E-state index in [-0.39, 0.29) is 17.6 Å². The first kappa shape index (κ1) is 20.3. The van der Waals surface area contributed by atoms with Gasteiger partial charge in [0.1, 0.15) is 5.75 Å². The number of sulfonamides is 1. The number of nitrogens with two attached hydrogens (primary N) is 1. The number of benzene rings is 1. The van der Waals surface area contributed by atoms with Crippen LogP contribution in [-0.2, 0) is 10.0 Å². The summed E-state index contributed by atoms with van der Waals surface area (Å²) in [6.45, 7) is 1.38. The fourth-order valence-corrected chi connectivity index (χ4v) is 3.45. The maximum Gasteiger partial charge on any atom is 0.573 e. The van der Waals surface area contributed by atoms with E-state index < -0.39 is 16.4 Å². The number of halogens is 3. The number of piperidine rings is 1. The summed E-state index contributed by atoms with van der Waals surface area (Å²) in [4.78, 5) is 4.22. The molecule has 1 aliphatic rings. The molecule has 11 heteroatoms. The number of hydrogen-bond donors (Lipinski definition) is 2. The molecule has 0 unspecified atom stereocenters. The first-order valence-corrected chi connectivity index (χ1v) is 9.75. The first-order chi connectivity index (χ1) is 12.0. The molecule has 0 radical (unpaired) electrons. The van der Waals surface area contributed by atoms with Crippen molar-refractivity contribution in [3.63, 3.8) is 0 Å². The number of nitrogens with one attached hydrogen (secondary N) is 1. The van der Waals surface area contributed by atoms with Crippen molar-refractivity contribution < 1.29 is 26.3 Å². The lowest BCUT2D eigenvalue weighted by Crippen LogP contribution is -2.38. The van der Waals surface area contributed by atoms with Gasteiger partial charge in [0.25, 0.3) is 0 Å². The van der Waals surface area contributed by atoms with Gasteiger partial charge in [-0.1, -0.05) is 0 Å². The normalized spacial score (nSPS) is 17.9. The van der Waals surface area contributed by atoms with Crippen molar-refractivity contribution in [2.45, 2.75) is 19.2 Å². The van der Waals surface area contributed by atoms with Crippen LogP contribution in [0.15, 0.2) is 29.3 Å². The van der Waals surface area contributed by atoms with E-state index in [0.717, 1.165) is 0 Å². The number of guanidine groups is 1. The Hall–Kier alpha value is -2.01. The topological polar surface area (TPSA) is 97.0 Å². The van der Waals surface area contributed by atoms with Crippen LogP contribution in [0, 0.1) is 5.92 Å². The Balaban J connectivity index is 1.82. The molecule has 0 atom stereocenters. The molecule has 1 aromatic carbocycles. The molecule has 1 saturated heterocycles. The number of rotatable bonds is 5. The van der Waals surface area contributed by atoms with E-state index in [2.05, 4.69) is 15.0 Å². The molecule has 1 heterocycles. The first-order valence-electron chi connectivity index (χ1n) is 7.91. The van der Waals surface area contributed by atoms with Crippen molar-refractivity contribution in [3.05, 3.63) is 24.3 Å². The Labute approximate surface area is 150 Å². The van der Waals surface area contributed by atoms with Gasteiger partial charge in [0.15, 0.2) is 5.96 Å². The number of nitrogens with zero attached hydrogens (tertiary/aromatic N) is 2. The molecular formula is C15H21F3N4O3S. The molecule has 1 aromatic rings. The van der Waals surface area contributed by atoms with Crippen molar-refractivity contribution in [2.75, 3.05) is 31.2 Å². The quantitative estimate of drug-likeness (QED) is 0.588. The van der Waals surface area contributed by atoms with Gasteiger partial charge in [-0.25, -0.2) is 12.7 Å². The average molecular weight is 394 g/mol. The summed E-state index contributed by atoms with van der Waals surface area (Å²) in [6, 6.07) is 5.14. The molecule has 146 valence electrons. The van der Waals surface area contributed by atoms with Crippen molar-refractivity contribution in [1.82, 2.24) is 4.31 Å². The van der Waals surface area contributed by atoms with Crippen molar-refractivity contribution >= 4 is 21.7 Å². The van der Waals surface area contributed by atoms with Gasteiger partial charge in [0.2, 0.25) is 10.0 Å². The van der Waals surface area contributed by atoms with E-state index in [9.17, 15) is 21.6 Å². The van der Waals surface area contributed by atoms with Gasteiger partial charge in [0.05, 0.1) is 6.26 Å². The van der Waals surface area contributed by atoms with Crippen molar-refractivity contribution in [3.8, 4) is 5.75 Å². The van der Waals surface area contributed by atoms with Crippen LogP contribution < -0.4 is 15.8 Å². The van der Waals surface area contributed by atoms with Crippen LogP contribution in [0.5, 0.6) is 5.75 Å². The minimum Gasteiger partial charge on any atom is -0.406 e. The minimum atomic E-state index is -4.73. The molecule has 1 fully saturated rings. The monoisotopic (exact) mass is 394 g/mol. The maximum atomic E-state index is 12.1. The Bertz CT molecular complexity index is 727. The fraction of sp³-hybridized carbons (Fsp3) is 0.533. The van der Waals surface area contributed by atoms with Gasteiger partial charge in [0, 0.05) is 25.3 Å². The van der Waals surface area contributed by atoms with E-state index in [4.69, 9.17) is 5.73 Å². The predicted molar refractivity (Wildman–Crippen MR) is 92.4 cm³/mol. The van der Waals surface area contributed by atoms with Gasteiger partial charge < -0.3 is 15.8 Å². The molecule has 0 aromatic heterocycles. The van der Waals surface area contributed by atoms with Crippen LogP contribution in [0.1, 0.15) is 12.8 Å². The fourth-order valence-electron chi connectivity index (χ4n) is 2.58. The predicted octanol–water partition coefficient (Wildman–Crippen LogP) is 1.98. The SMILES string of the molecule is CS(=O)(=O)N1CCC(CN=C(N)Nc2ccc(OC(F)(F)F)cc2)CC1. The molecule has 1 aliphatic heterocycles. The Kier molecular flexibility index (Phi) is 6.34. The smallest absolute Gasteiger partial charge is 0.406 e.